The Bertz CT molecular complexity index is 475. The van der Waals surface area contributed by atoms with Gasteiger partial charge in [-0.05, 0) is 44.4 Å². The third kappa shape index (κ3) is 1.19. The van der Waals surface area contributed by atoms with Crippen molar-refractivity contribution in [2.45, 2.75) is 62.4 Å². The predicted molar refractivity (Wildman–Crippen MR) is 68.7 cm³/mol. The van der Waals surface area contributed by atoms with E-state index in [0.29, 0.717) is 18.8 Å². The van der Waals surface area contributed by atoms with Crippen LogP contribution >= 0.6 is 0 Å². The van der Waals surface area contributed by atoms with Gasteiger partial charge < -0.3 is 19.7 Å². The van der Waals surface area contributed by atoms with Crippen LogP contribution in [0.3, 0.4) is 0 Å². The molecule has 0 aromatic carbocycles. The van der Waals surface area contributed by atoms with Gasteiger partial charge in [0.2, 0.25) is 0 Å². The maximum Gasteiger partial charge on any atom is 0.341 e. The molecule has 4 aliphatic rings. The van der Waals surface area contributed by atoms with E-state index in [9.17, 15) is 15.0 Å². The fourth-order valence-corrected chi connectivity index (χ4v) is 5.42. The minimum atomic E-state index is -1.24. The fourth-order valence-electron chi connectivity index (χ4n) is 5.42. The van der Waals surface area contributed by atoms with Gasteiger partial charge in [-0.15, -0.1) is 0 Å². The van der Waals surface area contributed by atoms with Crippen LogP contribution in [0.5, 0.6) is 0 Å². The number of esters is 1. The van der Waals surface area contributed by atoms with Crippen molar-refractivity contribution < 1.29 is 24.5 Å². The Labute approximate surface area is 118 Å². The standard InChI is InChI=1S/C15H22O5/c1-8-5-11-10-6-15(9(8)3-4-13(15,2)18)20-14(10,7-16)12(17)19-11/h8-11,16,18H,3-7H2,1-2H3. The molecule has 0 amide bonds. The van der Waals surface area contributed by atoms with Gasteiger partial charge in [0.25, 0.3) is 0 Å². The first kappa shape index (κ1) is 13.0. The first-order valence-electron chi connectivity index (χ1n) is 7.61. The molecule has 112 valence electrons. The number of hydrogen-bond donors (Lipinski definition) is 2. The van der Waals surface area contributed by atoms with Gasteiger partial charge in [-0.2, -0.15) is 0 Å². The molecule has 2 heterocycles. The number of aliphatic hydroxyl groups is 2. The molecular weight excluding hydrogens is 260 g/mol. The Morgan fingerprint density at radius 3 is 2.85 bits per heavy atom. The van der Waals surface area contributed by atoms with Crippen LogP contribution in [-0.4, -0.2) is 45.7 Å². The van der Waals surface area contributed by atoms with Gasteiger partial charge in [0, 0.05) is 5.92 Å². The lowest BCUT2D eigenvalue weighted by atomic mass is 9.75. The first-order valence-corrected chi connectivity index (χ1v) is 7.61. The molecule has 1 spiro atoms. The van der Waals surface area contributed by atoms with Crippen molar-refractivity contribution in [3.8, 4) is 0 Å². The van der Waals surface area contributed by atoms with Gasteiger partial charge >= 0.3 is 5.97 Å². The maximum absolute atomic E-state index is 12.3. The van der Waals surface area contributed by atoms with Crippen molar-refractivity contribution in [3.05, 3.63) is 0 Å². The smallest absolute Gasteiger partial charge is 0.341 e. The second kappa shape index (κ2) is 3.57. The Morgan fingerprint density at radius 2 is 2.15 bits per heavy atom. The average Bonchev–Trinajstić information content (AvgIpc) is 2.91. The summed E-state index contributed by atoms with van der Waals surface area (Å²) < 4.78 is 11.7. The molecule has 4 fully saturated rings. The second-order valence-corrected chi connectivity index (χ2v) is 7.43. The van der Waals surface area contributed by atoms with Crippen molar-refractivity contribution in [3.63, 3.8) is 0 Å². The summed E-state index contributed by atoms with van der Waals surface area (Å²) in [6, 6.07) is 0. The highest BCUT2D eigenvalue weighted by molar-refractivity contribution is 5.83. The van der Waals surface area contributed by atoms with Crippen molar-refractivity contribution in [2.75, 3.05) is 6.61 Å². The fraction of sp³-hybridized carbons (Fsp3) is 0.933. The van der Waals surface area contributed by atoms with Gasteiger partial charge in [-0.1, -0.05) is 6.92 Å². The molecule has 5 heteroatoms. The van der Waals surface area contributed by atoms with E-state index in [2.05, 4.69) is 6.92 Å². The summed E-state index contributed by atoms with van der Waals surface area (Å²) in [7, 11) is 0. The highest BCUT2D eigenvalue weighted by Gasteiger charge is 2.76. The summed E-state index contributed by atoms with van der Waals surface area (Å²) in [5, 5.41) is 20.7. The summed E-state index contributed by atoms with van der Waals surface area (Å²) >= 11 is 0. The second-order valence-electron chi connectivity index (χ2n) is 7.43. The van der Waals surface area contributed by atoms with Gasteiger partial charge in [-0.25, -0.2) is 4.79 Å². The number of carbonyl (C=O) groups is 1. The van der Waals surface area contributed by atoms with E-state index in [-0.39, 0.29) is 24.5 Å². The minimum absolute atomic E-state index is 0.128. The third-order valence-corrected chi connectivity index (χ3v) is 6.52. The van der Waals surface area contributed by atoms with Crippen LogP contribution < -0.4 is 0 Å². The number of carbonyl (C=O) groups excluding carboxylic acids is 1. The van der Waals surface area contributed by atoms with Crippen LogP contribution in [0, 0.1) is 17.8 Å². The Morgan fingerprint density at radius 1 is 1.40 bits per heavy atom. The molecule has 5 nitrogen and oxygen atoms in total. The van der Waals surface area contributed by atoms with E-state index in [0.717, 1.165) is 12.8 Å². The quantitative estimate of drug-likeness (QED) is 0.690. The first-order chi connectivity index (χ1) is 9.36. The van der Waals surface area contributed by atoms with Crippen molar-refractivity contribution in [2.24, 2.45) is 17.8 Å². The number of ether oxygens (including phenoxy) is 2. The zero-order chi connectivity index (χ0) is 14.3. The molecule has 7 unspecified atom stereocenters. The summed E-state index contributed by atoms with van der Waals surface area (Å²) in [4.78, 5) is 12.3. The average molecular weight is 282 g/mol. The SMILES string of the molecule is CC1CC2OC(=O)C3(CO)OC4(CC23)C1CCC4(C)O. The van der Waals surface area contributed by atoms with Gasteiger partial charge in [0.15, 0.2) is 5.60 Å². The Balaban J connectivity index is 1.88. The van der Waals surface area contributed by atoms with E-state index in [1.807, 2.05) is 6.92 Å². The zero-order valence-electron chi connectivity index (χ0n) is 12.0. The molecule has 2 saturated heterocycles. The van der Waals surface area contributed by atoms with Crippen LogP contribution in [-0.2, 0) is 14.3 Å². The molecule has 0 aromatic rings. The van der Waals surface area contributed by atoms with Crippen molar-refractivity contribution in [1.29, 1.82) is 0 Å². The number of hydrogen-bond acceptors (Lipinski definition) is 5. The maximum atomic E-state index is 12.3. The van der Waals surface area contributed by atoms with Gasteiger partial charge in [0.05, 0.1) is 12.2 Å². The molecule has 2 aliphatic heterocycles. The molecule has 7 atom stereocenters. The van der Waals surface area contributed by atoms with Crippen molar-refractivity contribution in [1.82, 2.24) is 0 Å². The highest BCUT2D eigenvalue weighted by Crippen LogP contribution is 2.65. The molecule has 20 heavy (non-hydrogen) atoms. The Kier molecular flexibility index (Phi) is 2.33. The van der Waals surface area contributed by atoms with Crippen LogP contribution in [0.2, 0.25) is 0 Å². The topological polar surface area (TPSA) is 76.0 Å². The summed E-state index contributed by atoms with van der Waals surface area (Å²) in [6.07, 6.45) is 2.85. The minimum Gasteiger partial charge on any atom is -0.460 e. The summed E-state index contributed by atoms with van der Waals surface area (Å²) in [5.74, 6) is 0.00828. The molecule has 2 bridgehead atoms. The molecule has 2 N–H and O–H groups in total. The molecule has 0 radical (unpaired) electrons. The number of aliphatic hydroxyl groups excluding tert-OH is 1. The molecule has 2 saturated carbocycles. The van der Waals surface area contributed by atoms with Crippen molar-refractivity contribution >= 4 is 5.97 Å². The summed E-state index contributed by atoms with van der Waals surface area (Å²) in [6.45, 7) is 3.62. The van der Waals surface area contributed by atoms with Crippen LogP contribution in [0.25, 0.3) is 0 Å². The molecule has 0 aromatic heterocycles. The lowest BCUT2D eigenvalue weighted by molar-refractivity contribution is -0.217. The lowest BCUT2D eigenvalue weighted by Crippen LogP contribution is -2.56. The highest BCUT2D eigenvalue weighted by atomic mass is 16.6. The lowest BCUT2D eigenvalue weighted by Gasteiger charge is -2.43. The van der Waals surface area contributed by atoms with E-state index < -0.39 is 22.8 Å². The molecular formula is C15H22O5. The van der Waals surface area contributed by atoms with E-state index in [1.54, 1.807) is 0 Å². The molecule has 2 aliphatic carbocycles. The Hall–Kier alpha value is -0.650. The van der Waals surface area contributed by atoms with E-state index >= 15 is 0 Å². The van der Waals surface area contributed by atoms with E-state index in [4.69, 9.17) is 9.47 Å². The van der Waals surface area contributed by atoms with E-state index in [1.165, 1.54) is 0 Å². The van der Waals surface area contributed by atoms with Crippen LogP contribution in [0.4, 0.5) is 0 Å². The summed E-state index contributed by atoms with van der Waals surface area (Å²) in [5.41, 5.74) is -2.88. The monoisotopic (exact) mass is 282 g/mol. The van der Waals surface area contributed by atoms with Gasteiger partial charge in [0.1, 0.15) is 11.7 Å². The predicted octanol–water partition coefficient (Wildman–Crippen LogP) is 0.619. The zero-order valence-corrected chi connectivity index (χ0v) is 12.0. The van der Waals surface area contributed by atoms with Crippen LogP contribution in [0.15, 0.2) is 0 Å². The largest absolute Gasteiger partial charge is 0.460 e. The number of rotatable bonds is 1. The van der Waals surface area contributed by atoms with Crippen LogP contribution in [0.1, 0.15) is 39.5 Å². The normalized spacial score (nSPS) is 60.3. The third-order valence-electron chi connectivity index (χ3n) is 6.52. The molecule has 4 rings (SSSR count). The van der Waals surface area contributed by atoms with Gasteiger partial charge in [-0.3, -0.25) is 0 Å².